The fraction of sp³-hybridized carbons (Fsp3) is 0.482. The summed E-state index contributed by atoms with van der Waals surface area (Å²) in [6, 6.07) is 3.24. The SMILES string of the molecule is CO[C@H]1/C=C/O[C@@]2(C)Oc3c(C)c(O)c4c(c3/C2=N\OCC(=O)N2CCN(c3cc5c(cc3F)c(=O)c(C)cn5C3CC3)CC2)C(=O)C=C(NC(=O)/C(C)=C\C=C\[C@H](C)[C@H](O)[C@@H](C)[C@@H](O)[C@@H](C)[C@H](OC(C)=O)[C@@H]1C)C4=O. The molecule has 9 rings (SSSR count). The number of fused-ring (bicyclic) bond motifs is 15. The van der Waals surface area contributed by atoms with Crippen LogP contribution in [0.5, 0.6) is 11.5 Å². The van der Waals surface area contributed by atoms with Crippen LogP contribution in [-0.4, -0.2) is 130 Å². The Morgan fingerprint density at radius 1 is 0.934 bits per heavy atom. The number of aromatic hydroxyl groups is 1. The molecule has 0 radical (unpaired) electrons. The molecule has 1 saturated heterocycles. The van der Waals surface area contributed by atoms with Crippen LogP contribution in [0.25, 0.3) is 10.9 Å². The highest BCUT2D eigenvalue weighted by Gasteiger charge is 2.51. The van der Waals surface area contributed by atoms with Gasteiger partial charge in [-0.1, -0.05) is 51.1 Å². The highest BCUT2D eigenvalue weighted by atomic mass is 19.1. The van der Waals surface area contributed by atoms with E-state index >= 15 is 4.39 Å². The number of phenolic OH excluding ortho intramolecular Hbond substituents is 1. The van der Waals surface area contributed by atoms with Crippen molar-refractivity contribution in [2.75, 3.05) is 44.8 Å². The maximum atomic E-state index is 15.7. The third kappa shape index (κ3) is 10.5. The van der Waals surface area contributed by atoms with Gasteiger partial charge in [-0.3, -0.25) is 28.8 Å². The van der Waals surface area contributed by atoms with Crippen LogP contribution in [0.4, 0.5) is 10.1 Å². The highest BCUT2D eigenvalue weighted by molar-refractivity contribution is 6.31. The number of amides is 2. The molecule has 1 aromatic heterocycles. The Bertz CT molecular complexity index is 3090. The number of halogens is 1. The first-order valence-electron chi connectivity index (χ1n) is 25.5. The van der Waals surface area contributed by atoms with Crippen LogP contribution in [0.2, 0.25) is 0 Å². The van der Waals surface area contributed by atoms with Crippen molar-refractivity contribution < 1.29 is 67.5 Å². The lowest BCUT2D eigenvalue weighted by Gasteiger charge is -2.38. The van der Waals surface area contributed by atoms with E-state index in [0.29, 0.717) is 22.2 Å². The largest absolute Gasteiger partial charge is 0.507 e. The van der Waals surface area contributed by atoms with Crippen LogP contribution in [0, 0.1) is 43.3 Å². The smallest absolute Gasteiger partial charge is 0.302 e. The number of aromatic nitrogens is 1. The number of esters is 1. The monoisotopic (exact) mass is 1050 g/mol. The summed E-state index contributed by atoms with van der Waals surface area (Å²) in [5.41, 5.74) is -0.0861. The normalized spacial score (nSPS) is 29.5. The molecule has 5 heterocycles. The summed E-state index contributed by atoms with van der Waals surface area (Å²) in [5.74, 6) is -9.47. The molecular weight excluding hydrogens is 986 g/mol. The van der Waals surface area contributed by atoms with Crippen molar-refractivity contribution in [1.29, 1.82) is 0 Å². The number of aliphatic hydroxyl groups excluding tert-OH is 2. The van der Waals surface area contributed by atoms with Crippen molar-refractivity contribution in [3.8, 4) is 11.5 Å². The number of anilines is 1. The Balaban J connectivity index is 1.11. The summed E-state index contributed by atoms with van der Waals surface area (Å²) in [5, 5.41) is 41.8. The van der Waals surface area contributed by atoms with E-state index in [2.05, 4.69) is 10.5 Å². The zero-order valence-electron chi connectivity index (χ0n) is 44.3. The number of carbonyl (C=O) groups is 5. The summed E-state index contributed by atoms with van der Waals surface area (Å²) in [7, 11) is 1.42. The van der Waals surface area contributed by atoms with Crippen LogP contribution in [0.1, 0.15) is 105 Å². The number of carbonyl (C=O) groups excluding carboxylic acids is 5. The van der Waals surface area contributed by atoms with Gasteiger partial charge in [0.15, 0.2) is 23.5 Å². The second-order valence-corrected chi connectivity index (χ2v) is 20.7. The van der Waals surface area contributed by atoms with Gasteiger partial charge in [0.25, 0.3) is 17.6 Å². The van der Waals surface area contributed by atoms with Gasteiger partial charge in [0.1, 0.15) is 23.4 Å². The molecule has 1 saturated carbocycles. The van der Waals surface area contributed by atoms with Crippen molar-refractivity contribution in [3.05, 3.63) is 110 Å². The first-order valence-corrected chi connectivity index (χ1v) is 25.5. The van der Waals surface area contributed by atoms with Crippen molar-refractivity contribution in [1.82, 2.24) is 14.8 Å². The quantitative estimate of drug-likeness (QED) is 0.166. The Hall–Kier alpha value is -7.16. The fourth-order valence-electron chi connectivity index (χ4n) is 10.6. The number of ether oxygens (including phenoxy) is 4. The molecule has 2 fully saturated rings. The summed E-state index contributed by atoms with van der Waals surface area (Å²) in [4.78, 5) is 90.6. The van der Waals surface area contributed by atoms with Gasteiger partial charge in [-0.15, -0.1) is 0 Å². The molecular formula is C56H66FN5O14. The summed E-state index contributed by atoms with van der Waals surface area (Å²) >= 11 is 0. The number of oxime groups is 1. The minimum Gasteiger partial charge on any atom is -0.507 e. The maximum Gasteiger partial charge on any atom is 0.302 e. The molecule has 0 spiro atoms. The number of nitrogens with zero attached hydrogens (tertiary/aromatic N) is 4. The van der Waals surface area contributed by atoms with Gasteiger partial charge >= 0.3 is 5.97 Å². The standard InChI is InChI=1S/C56H66FN5O14/c1-27-12-11-13-28(2)55(71)58-38-23-41(64)44-45(51(38)70)50(69)33(7)53-46(44)54(56(9,76-53)73-21-16-42(72-10)30(4)52(75-34(8)63)32(6)49(68)31(5)47(27)66)59-74-26-43(65)61-19-17-60(18-20-61)40-24-39-36(22-37(40)57)48(67)29(3)25-62(39)35-14-15-35/h11-13,16,21-25,27,30-32,35,42,47,49,52,66,68-69H,14-15,17-20,26H2,1-10H3,(H,58,71)/b12-11+,21-16+,28-13-,59-54+/t27-,30+,31+,32+,42-,47-,49+,52+,56-/m0/s1. The molecule has 4 N–H and O–H groups in total. The molecule has 19 nitrogen and oxygen atoms in total. The zero-order valence-corrected chi connectivity index (χ0v) is 44.3. The number of ketones is 2. The number of aryl methyl sites for hydroxylation is 1. The third-order valence-corrected chi connectivity index (χ3v) is 15.4. The second kappa shape index (κ2) is 21.8. The molecule has 2 aromatic carbocycles. The van der Waals surface area contributed by atoms with Crippen molar-refractivity contribution in [2.24, 2.45) is 28.8 Å². The molecule has 0 unspecified atom stereocenters. The summed E-state index contributed by atoms with van der Waals surface area (Å²) in [6.45, 7) is 14.4. The van der Waals surface area contributed by atoms with Crippen LogP contribution in [0.15, 0.2) is 76.2 Å². The molecule has 4 aliphatic heterocycles. The van der Waals surface area contributed by atoms with Gasteiger partial charge in [0.05, 0.1) is 58.2 Å². The molecule has 20 heteroatoms. The highest BCUT2D eigenvalue weighted by Crippen LogP contribution is 2.48. The van der Waals surface area contributed by atoms with E-state index in [1.807, 2.05) is 15.7 Å². The number of phenols is 1. The Morgan fingerprint density at radius 3 is 2.29 bits per heavy atom. The predicted octanol–water partition coefficient (Wildman–Crippen LogP) is 5.61. The zero-order chi connectivity index (χ0) is 55.2. The van der Waals surface area contributed by atoms with E-state index in [0.717, 1.165) is 18.9 Å². The van der Waals surface area contributed by atoms with Gasteiger partial charge in [-0.25, -0.2) is 4.39 Å². The van der Waals surface area contributed by atoms with E-state index in [-0.39, 0.29) is 71.4 Å². The minimum absolute atomic E-state index is 0.00615. The fourth-order valence-corrected chi connectivity index (χ4v) is 10.6. The number of methoxy groups -OCH3 is 1. The molecule has 6 aliphatic rings. The van der Waals surface area contributed by atoms with Crippen LogP contribution in [0.3, 0.4) is 0 Å². The number of piperazine rings is 1. The minimum atomic E-state index is -2.00. The van der Waals surface area contributed by atoms with Gasteiger partial charge in [0.2, 0.25) is 5.78 Å². The Kier molecular flexibility index (Phi) is 15.8. The van der Waals surface area contributed by atoms with Gasteiger partial charge in [-0.05, 0) is 51.8 Å². The van der Waals surface area contributed by atoms with Crippen LogP contribution in [-0.2, 0) is 33.4 Å². The Labute approximate surface area is 439 Å². The number of nitrogens with one attached hydrogen (secondary N) is 1. The van der Waals surface area contributed by atoms with Crippen molar-refractivity contribution in [2.45, 2.75) is 111 Å². The first-order chi connectivity index (χ1) is 36.0. The first kappa shape index (κ1) is 55.1. The van der Waals surface area contributed by atoms with Gasteiger partial charge in [-0.2, -0.15) is 0 Å². The van der Waals surface area contributed by atoms with E-state index in [9.17, 15) is 44.1 Å². The number of hydrogen-bond acceptors (Lipinski definition) is 16. The molecule has 76 heavy (non-hydrogen) atoms. The van der Waals surface area contributed by atoms with Crippen molar-refractivity contribution in [3.63, 3.8) is 0 Å². The number of allylic oxidation sites excluding steroid dienone is 4. The number of rotatable bonds is 7. The number of aliphatic hydroxyl groups is 2. The topological polar surface area (TPSA) is 245 Å². The number of hydrogen-bond donors (Lipinski definition) is 4. The van der Waals surface area contributed by atoms with E-state index in [1.54, 1.807) is 52.8 Å². The number of benzene rings is 2. The average Bonchev–Trinajstić information content (AvgIpc) is 4.20. The second-order valence-electron chi connectivity index (χ2n) is 20.7. The van der Waals surface area contributed by atoms with Crippen LogP contribution < -0.4 is 20.4 Å². The third-order valence-electron chi connectivity index (χ3n) is 15.4. The molecule has 406 valence electrons. The van der Waals surface area contributed by atoms with Crippen molar-refractivity contribution >= 4 is 51.7 Å². The summed E-state index contributed by atoms with van der Waals surface area (Å²) < 4.78 is 42.1. The van der Waals surface area contributed by atoms with E-state index in [1.165, 1.54) is 64.2 Å². The average molecular weight is 1050 g/mol. The lowest BCUT2D eigenvalue weighted by molar-refractivity contribution is -0.160. The molecule has 5 bridgehead atoms. The molecule has 9 atom stereocenters. The lowest BCUT2D eigenvalue weighted by atomic mass is 9.78. The van der Waals surface area contributed by atoms with E-state index < -0.39 is 113 Å². The molecule has 2 amide bonds. The Morgan fingerprint density at radius 2 is 1.63 bits per heavy atom. The lowest BCUT2D eigenvalue weighted by Crippen LogP contribution is -2.50. The molecule has 3 aromatic rings. The van der Waals surface area contributed by atoms with Gasteiger partial charge < -0.3 is 58.8 Å². The van der Waals surface area contributed by atoms with E-state index in [4.69, 9.17) is 23.8 Å². The van der Waals surface area contributed by atoms with Crippen LogP contribution >= 0.6 is 0 Å². The predicted molar refractivity (Wildman–Crippen MR) is 277 cm³/mol. The van der Waals surface area contributed by atoms with Gasteiger partial charge in [0, 0.05) is 111 Å². The number of pyridine rings is 1. The maximum absolute atomic E-state index is 15.7. The number of Topliss-reactive ketones (excluding diaryl/α,β-unsaturated/α-hetero) is 1. The summed E-state index contributed by atoms with van der Waals surface area (Å²) in [6.07, 6.45) is 7.95. The molecule has 2 aliphatic carbocycles.